The molecule has 0 saturated carbocycles. The maximum Gasteiger partial charge on any atom is 0.275 e. The summed E-state index contributed by atoms with van der Waals surface area (Å²) in [5.74, 6) is 1.44. The Bertz CT molecular complexity index is 957. The number of benzene rings is 2. The van der Waals surface area contributed by atoms with E-state index in [0.29, 0.717) is 37.2 Å². The number of carbonyl (C=O) groups excluding carboxylic acids is 1. The van der Waals surface area contributed by atoms with Gasteiger partial charge in [0.05, 0.1) is 30.4 Å². The van der Waals surface area contributed by atoms with E-state index in [2.05, 4.69) is 23.5 Å². The number of likely N-dealkylation sites (tertiary alicyclic amines) is 1. The third-order valence-electron chi connectivity index (χ3n) is 5.48. The van der Waals surface area contributed by atoms with Crippen molar-refractivity contribution < 1.29 is 19.2 Å². The first-order valence-electron chi connectivity index (χ1n) is 10.5. The van der Waals surface area contributed by atoms with Gasteiger partial charge in [0.25, 0.3) is 5.91 Å². The van der Waals surface area contributed by atoms with Crippen LogP contribution in [0, 0.1) is 0 Å². The Morgan fingerprint density at radius 1 is 1.17 bits per heavy atom. The zero-order valence-corrected chi connectivity index (χ0v) is 18.0. The molecule has 1 aliphatic rings. The third-order valence-corrected chi connectivity index (χ3v) is 6.63. The highest BCUT2D eigenvalue weighted by Crippen LogP contribution is 2.28. The van der Waals surface area contributed by atoms with Crippen molar-refractivity contribution in [3.8, 4) is 11.5 Å². The smallest absolute Gasteiger partial charge is 0.275 e. The highest BCUT2D eigenvalue weighted by molar-refractivity contribution is 7.18. The summed E-state index contributed by atoms with van der Waals surface area (Å²) in [5, 5.41) is 4.14. The van der Waals surface area contributed by atoms with Gasteiger partial charge < -0.3 is 19.7 Å². The summed E-state index contributed by atoms with van der Waals surface area (Å²) in [4.78, 5) is 18.7. The summed E-state index contributed by atoms with van der Waals surface area (Å²) in [7, 11) is 1.62. The van der Waals surface area contributed by atoms with E-state index in [4.69, 9.17) is 14.5 Å². The summed E-state index contributed by atoms with van der Waals surface area (Å²) in [6.45, 7) is 2.35. The van der Waals surface area contributed by atoms with Gasteiger partial charge in [0.2, 0.25) is 0 Å². The molecule has 0 aliphatic carbocycles. The topological polar surface area (TPSA) is 64.9 Å². The van der Waals surface area contributed by atoms with Crippen LogP contribution in [-0.2, 0) is 4.79 Å². The highest BCUT2D eigenvalue weighted by atomic mass is 32.1. The summed E-state index contributed by atoms with van der Waals surface area (Å²) >= 11 is 1.76. The van der Waals surface area contributed by atoms with Gasteiger partial charge >= 0.3 is 0 Å². The molecule has 2 atom stereocenters. The van der Waals surface area contributed by atoms with Gasteiger partial charge in [0.15, 0.2) is 23.1 Å². The maximum absolute atomic E-state index is 12.6. The minimum atomic E-state index is 0.0571. The molecule has 2 N–H and O–H groups in total. The second-order valence-corrected chi connectivity index (χ2v) is 8.56. The van der Waals surface area contributed by atoms with Gasteiger partial charge in [-0.05, 0) is 37.1 Å². The first-order valence-corrected chi connectivity index (χ1v) is 11.3. The molecule has 0 bridgehead atoms. The van der Waals surface area contributed by atoms with Gasteiger partial charge in [-0.15, -0.1) is 11.3 Å². The summed E-state index contributed by atoms with van der Waals surface area (Å²) in [6, 6.07) is 16.1. The van der Waals surface area contributed by atoms with E-state index in [1.807, 2.05) is 30.3 Å². The lowest BCUT2D eigenvalue weighted by atomic mass is 10.0. The summed E-state index contributed by atoms with van der Waals surface area (Å²) in [6.07, 6.45) is 3.43. The van der Waals surface area contributed by atoms with Crippen LogP contribution in [0.1, 0.15) is 30.3 Å². The van der Waals surface area contributed by atoms with Crippen LogP contribution in [0.4, 0.5) is 0 Å². The second-order valence-electron chi connectivity index (χ2n) is 7.50. The Balaban J connectivity index is 1.30. The highest BCUT2D eigenvalue weighted by Gasteiger charge is 2.31. The predicted octanol–water partition coefficient (Wildman–Crippen LogP) is 2.61. The molecule has 1 unspecified atom stereocenters. The molecule has 1 amide bonds. The van der Waals surface area contributed by atoms with Crippen LogP contribution < -0.4 is 19.7 Å². The van der Waals surface area contributed by atoms with Gasteiger partial charge in [-0.3, -0.25) is 4.79 Å². The zero-order valence-electron chi connectivity index (χ0n) is 17.2. The number of fused-ring (bicyclic) bond motifs is 1. The number of methoxy groups -OCH3 is 1. The van der Waals surface area contributed by atoms with Crippen molar-refractivity contribution in [2.75, 3.05) is 33.4 Å². The van der Waals surface area contributed by atoms with Crippen molar-refractivity contribution in [2.45, 2.75) is 25.3 Å². The number of piperidine rings is 1. The van der Waals surface area contributed by atoms with E-state index < -0.39 is 0 Å². The van der Waals surface area contributed by atoms with E-state index >= 15 is 0 Å². The van der Waals surface area contributed by atoms with Crippen molar-refractivity contribution in [3.63, 3.8) is 0 Å². The average molecular weight is 427 g/mol. The van der Waals surface area contributed by atoms with Crippen LogP contribution in [0.2, 0.25) is 0 Å². The van der Waals surface area contributed by atoms with Crippen molar-refractivity contribution in [1.29, 1.82) is 0 Å². The number of rotatable bonds is 8. The Morgan fingerprint density at radius 3 is 2.80 bits per heavy atom. The molecule has 4 rings (SSSR count). The average Bonchev–Trinajstić information content (AvgIpc) is 3.21. The molecule has 158 valence electrons. The number of quaternary nitrogens is 1. The Kier molecular flexibility index (Phi) is 6.81. The molecule has 1 aromatic heterocycles. The number of hydrogen-bond acceptors (Lipinski definition) is 5. The lowest BCUT2D eigenvalue weighted by Gasteiger charge is -2.30. The van der Waals surface area contributed by atoms with Gasteiger partial charge in [-0.1, -0.05) is 24.3 Å². The summed E-state index contributed by atoms with van der Waals surface area (Å²) in [5.41, 5.74) is 1.06. The molecule has 1 saturated heterocycles. The SMILES string of the molecule is COc1ccccc1OCCNC(=O)C[NH+]1CCCC[C@H]1c1nc2ccccc2s1. The molecular weight excluding hydrogens is 398 g/mol. The normalized spacial score (nSPS) is 18.8. The fraction of sp³-hybridized carbons (Fsp3) is 0.391. The van der Waals surface area contributed by atoms with Crippen LogP contribution in [0.25, 0.3) is 10.2 Å². The van der Waals surface area contributed by atoms with Crippen LogP contribution in [0.3, 0.4) is 0 Å². The minimum absolute atomic E-state index is 0.0571. The fourth-order valence-corrected chi connectivity index (χ4v) is 5.15. The molecule has 2 heterocycles. The Hall–Kier alpha value is -2.64. The minimum Gasteiger partial charge on any atom is -0.493 e. The number of thiazole rings is 1. The largest absolute Gasteiger partial charge is 0.493 e. The molecule has 0 spiro atoms. The first-order chi connectivity index (χ1) is 14.7. The van der Waals surface area contributed by atoms with E-state index in [9.17, 15) is 4.79 Å². The quantitative estimate of drug-likeness (QED) is 0.544. The van der Waals surface area contributed by atoms with E-state index in [-0.39, 0.29) is 5.91 Å². The maximum atomic E-state index is 12.6. The van der Waals surface area contributed by atoms with Gasteiger partial charge in [-0.25, -0.2) is 4.98 Å². The number of aromatic nitrogens is 1. The zero-order chi connectivity index (χ0) is 20.8. The summed E-state index contributed by atoms with van der Waals surface area (Å²) < 4.78 is 12.2. The van der Waals surface area contributed by atoms with Gasteiger partial charge in [0, 0.05) is 6.42 Å². The number of nitrogens with zero attached hydrogens (tertiary/aromatic N) is 1. The Labute approximate surface area is 180 Å². The van der Waals surface area contributed by atoms with Crippen molar-refractivity contribution in [1.82, 2.24) is 10.3 Å². The first kappa shape index (κ1) is 20.6. The molecule has 1 aliphatic heterocycles. The molecule has 3 aromatic rings. The second kappa shape index (κ2) is 9.91. The molecule has 1 fully saturated rings. The number of amides is 1. The van der Waals surface area contributed by atoms with Crippen LogP contribution in [0.5, 0.6) is 11.5 Å². The lowest BCUT2D eigenvalue weighted by molar-refractivity contribution is -0.929. The molecule has 0 radical (unpaired) electrons. The number of hydrogen-bond donors (Lipinski definition) is 2. The monoisotopic (exact) mass is 426 g/mol. The molecule has 6 nitrogen and oxygen atoms in total. The van der Waals surface area contributed by atoms with Crippen LogP contribution in [-0.4, -0.2) is 44.2 Å². The number of ether oxygens (including phenoxy) is 2. The van der Waals surface area contributed by atoms with Crippen molar-refractivity contribution >= 4 is 27.5 Å². The number of para-hydroxylation sites is 3. The molecule has 7 heteroatoms. The van der Waals surface area contributed by atoms with E-state index in [1.165, 1.54) is 16.0 Å². The standard InChI is InChI=1S/C23H27N3O3S/c1-28-19-10-3-4-11-20(19)29-15-13-24-22(27)16-26-14-7-6-9-18(26)23-25-17-8-2-5-12-21(17)30-23/h2-5,8,10-12,18H,6-7,9,13-16H2,1H3,(H,24,27)/p+1/t18-/m0/s1. The Morgan fingerprint density at radius 2 is 1.97 bits per heavy atom. The van der Waals surface area contributed by atoms with E-state index in [0.717, 1.165) is 29.9 Å². The van der Waals surface area contributed by atoms with Crippen LogP contribution >= 0.6 is 11.3 Å². The number of carbonyl (C=O) groups is 1. The predicted molar refractivity (Wildman–Crippen MR) is 118 cm³/mol. The molecular formula is C23H28N3O3S+. The van der Waals surface area contributed by atoms with E-state index in [1.54, 1.807) is 18.4 Å². The van der Waals surface area contributed by atoms with Gasteiger partial charge in [-0.2, -0.15) is 0 Å². The van der Waals surface area contributed by atoms with Crippen LogP contribution in [0.15, 0.2) is 48.5 Å². The van der Waals surface area contributed by atoms with Crippen molar-refractivity contribution in [2.24, 2.45) is 0 Å². The molecule has 2 aromatic carbocycles. The number of nitrogens with one attached hydrogen (secondary N) is 2. The van der Waals surface area contributed by atoms with Gasteiger partial charge in [0.1, 0.15) is 12.6 Å². The fourth-order valence-electron chi connectivity index (χ4n) is 3.99. The third kappa shape index (κ3) is 4.91. The van der Waals surface area contributed by atoms with Crippen molar-refractivity contribution in [3.05, 3.63) is 53.5 Å². The lowest BCUT2D eigenvalue weighted by Crippen LogP contribution is -3.14. The molecule has 30 heavy (non-hydrogen) atoms.